The van der Waals surface area contributed by atoms with Crippen LogP contribution in [0.15, 0.2) is 12.4 Å². The Balaban J connectivity index is 2.87. The molecule has 0 saturated heterocycles. The topological polar surface area (TPSA) is 47.9 Å². The summed E-state index contributed by atoms with van der Waals surface area (Å²) in [6.45, 7) is 0. The van der Waals surface area contributed by atoms with Crippen molar-refractivity contribution >= 4 is 34.1 Å². The Morgan fingerprint density at radius 3 is 2.71 bits per heavy atom. The Hall–Kier alpha value is -1.13. The van der Waals surface area contributed by atoms with E-state index in [-0.39, 0.29) is 10.4 Å². The molecule has 0 saturated carbocycles. The molecule has 0 N–H and O–H groups in total. The van der Waals surface area contributed by atoms with Gasteiger partial charge in [-0.2, -0.15) is 0 Å². The van der Waals surface area contributed by atoms with Crippen LogP contribution in [-0.4, -0.2) is 22.1 Å². The fourth-order valence-electron chi connectivity index (χ4n) is 1.14. The molecule has 0 aliphatic carbocycles. The zero-order chi connectivity index (χ0) is 10.1. The van der Waals surface area contributed by atoms with E-state index in [0.717, 1.165) is 0 Å². The molecule has 72 valence electrons. The lowest BCUT2D eigenvalue weighted by Gasteiger charge is -2.04. The molecule has 2 aromatic heterocycles. The van der Waals surface area contributed by atoms with Crippen molar-refractivity contribution in [2.75, 3.05) is 7.11 Å². The zero-order valence-corrected chi connectivity index (χ0v) is 8.67. The van der Waals surface area contributed by atoms with Gasteiger partial charge in [-0.15, -0.1) is 0 Å². The highest BCUT2D eigenvalue weighted by molar-refractivity contribution is 6.36. The van der Waals surface area contributed by atoms with E-state index in [1.165, 1.54) is 7.11 Å². The third kappa shape index (κ3) is 1.47. The summed E-state index contributed by atoms with van der Waals surface area (Å²) >= 11 is 11.5. The smallest absolute Gasteiger partial charge is 0.224 e. The maximum atomic E-state index is 5.90. The zero-order valence-electron chi connectivity index (χ0n) is 7.16. The van der Waals surface area contributed by atoms with Crippen molar-refractivity contribution in [1.82, 2.24) is 15.0 Å². The van der Waals surface area contributed by atoms with Gasteiger partial charge in [-0.05, 0) is 11.6 Å². The van der Waals surface area contributed by atoms with Crippen molar-refractivity contribution in [1.29, 1.82) is 0 Å². The predicted octanol–water partition coefficient (Wildman–Crippen LogP) is 2.34. The molecule has 0 amide bonds. The van der Waals surface area contributed by atoms with Crippen LogP contribution in [0.1, 0.15) is 0 Å². The van der Waals surface area contributed by atoms with E-state index in [1.807, 2.05) is 0 Å². The van der Waals surface area contributed by atoms with Gasteiger partial charge < -0.3 is 4.74 Å². The van der Waals surface area contributed by atoms with Crippen LogP contribution in [0.5, 0.6) is 5.75 Å². The molecular weight excluding hydrogens is 225 g/mol. The summed E-state index contributed by atoms with van der Waals surface area (Å²) in [5.74, 6) is 0.532. The molecule has 0 unspecified atom stereocenters. The highest BCUT2D eigenvalue weighted by Gasteiger charge is 2.09. The third-order valence-electron chi connectivity index (χ3n) is 1.72. The van der Waals surface area contributed by atoms with Crippen LogP contribution in [0.2, 0.25) is 10.4 Å². The summed E-state index contributed by atoms with van der Waals surface area (Å²) in [4.78, 5) is 11.7. The minimum atomic E-state index is 0.0950. The van der Waals surface area contributed by atoms with Crippen LogP contribution < -0.4 is 4.74 Å². The minimum absolute atomic E-state index is 0.0950. The first-order valence-electron chi connectivity index (χ1n) is 3.73. The largest absolute Gasteiger partial charge is 0.494 e. The number of fused-ring (bicyclic) bond motifs is 1. The molecule has 0 aliphatic rings. The van der Waals surface area contributed by atoms with Crippen molar-refractivity contribution in [2.45, 2.75) is 0 Å². The van der Waals surface area contributed by atoms with Gasteiger partial charge in [-0.3, -0.25) is 4.98 Å². The second-order valence-electron chi connectivity index (χ2n) is 2.52. The molecule has 0 aromatic carbocycles. The van der Waals surface area contributed by atoms with E-state index in [2.05, 4.69) is 15.0 Å². The van der Waals surface area contributed by atoms with Crippen molar-refractivity contribution in [2.24, 2.45) is 0 Å². The summed E-state index contributed by atoms with van der Waals surface area (Å²) in [5, 5.41) is 0.977. The van der Waals surface area contributed by atoms with Gasteiger partial charge >= 0.3 is 0 Å². The Bertz CT molecular complexity index is 489. The highest BCUT2D eigenvalue weighted by atomic mass is 35.5. The quantitative estimate of drug-likeness (QED) is 0.557. The van der Waals surface area contributed by atoms with E-state index >= 15 is 0 Å². The fraction of sp³-hybridized carbons (Fsp3) is 0.125. The van der Waals surface area contributed by atoms with E-state index in [0.29, 0.717) is 16.7 Å². The van der Waals surface area contributed by atoms with Gasteiger partial charge in [-0.1, -0.05) is 11.6 Å². The number of rotatable bonds is 1. The van der Waals surface area contributed by atoms with Crippen LogP contribution in [0.4, 0.5) is 0 Å². The molecule has 6 heteroatoms. The lowest BCUT2D eigenvalue weighted by molar-refractivity contribution is 0.418. The van der Waals surface area contributed by atoms with Gasteiger partial charge in [0, 0.05) is 0 Å². The SMILES string of the molecule is COc1cncc2nc(Cl)nc(Cl)c12. The summed E-state index contributed by atoms with van der Waals surface area (Å²) in [6.07, 6.45) is 3.10. The normalized spacial score (nSPS) is 10.5. The molecule has 2 heterocycles. The summed E-state index contributed by atoms with van der Waals surface area (Å²) in [7, 11) is 1.53. The minimum Gasteiger partial charge on any atom is -0.494 e. The molecule has 0 fully saturated rings. The van der Waals surface area contributed by atoms with Gasteiger partial charge in [0.2, 0.25) is 5.28 Å². The molecule has 14 heavy (non-hydrogen) atoms. The summed E-state index contributed by atoms with van der Waals surface area (Å²) < 4.78 is 5.08. The first kappa shape index (κ1) is 9.43. The number of pyridine rings is 1. The third-order valence-corrected chi connectivity index (χ3v) is 2.16. The number of hydrogen-bond donors (Lipinski definition) is 0. The molecule has 0 atom stereocenters. The number of hydrogen-bond acceptors (Lipinski definition) is 4. The van der Waals surface area contributed by atoms with Crippen LogP contribution in [-0.2, 0) is 0 Å². The Morgan fingerprint density at radius 1 is 1.21 bits per heavy atom. The van der Waals surface area contributed by atoms with E-state index in [4.69, 9.17) is 27.9 Å². The number of nitrogens with zero attached hydrogens (tertiary/aromatic N) is 3. The molecule has 2 rings (SSSR count). The van der Waals surface area contributed by atoms with E-state index in [9.17, 15) is 0 Å². The van der Waals surface area contributed by atoms with Crippen molar-refractivity contribution in [3.63, 3.8) is 0 Å². The first-order valence-corrected chi connectivity index (χ1v) is 4.48. The molecule has 0 aliphatic heterocycles. The second kappa shape index (κ2) is 3.55. The Kier molecular flexibility index (Phi) is 2.39. The van der Waals surface area contributed by atoms with Crippen LogP contribution >= 0.6 is 23.2 Å². The fourth-order valence-corrected chi connectivity index (χ4v) is 1.63. The number of methoxy groups -OCH3 is 1. The predicted molar refractivity (Wildman–Crippen MR) is 53.9 cm³/mol. The lowest BCUT2D eigenvalue weighted by atomic mass is 10.3. The lowest BCUT2D eigenvalue weighted by Crippen LogP contribution is -1.92. The highest BCUT2D eigenvalue weighted by Crippen LogP contribution is 2.29. The molecule has 0 spiro atoms. The molecule has 0 bridgehead atoms. The monoisotopic (exact) mass is 229 g/mol. The number of aromatic nitrogens is 3. The average molecular weight is 230 g/mol. The second-order valence-corrected chi connectivity index (χ2v) is 3.22. The Morgan fingerprint density at radius 2 is 2.00 bits per heavy atom. The molecule has 2 aromatic rings. The molecular formula is C8H5Cl2N3O. The van der Waals surface area contributed by atoms with Crippen molar-refractivity contribution in [3.8, 4) is 5.75 Å². The molecule has 0 radical (unpaired) electrons. The van der Waals surface area contributed by atoms with E-state index in [1.54, 1.807) is 12.4 Å². The van der Waals surface area contributed by atoms with Crippen molar-refractivity contribution in [3.05, 3.63) is 22.8 Å². The molecule has 4 nitrogen and oxygen atoms in total. The first-order chi connectivity index (χ1) is 6.72. The van der Waals surface area contributed by atoms with Crippen LogP contribution in [0.25, 0.3) is 10.9 Å². The van der Waals surface area contributed by atoms with Gasteiger partial charge in [-0.25, -0.2) is 9.97 Å². The van der Waals surface area contributed by atoms with Crippen molar-refractivity contribution < 1.29 is 4.74 Å². The summed E-state index contributed by atoms with van der Waals surface area (Å²) in [5.41, 5.74) is 0.564. The standard InChI is InChI=1S/C8H5Cl2N3O/c1-14-5-3-11-2-4-6(5)7(9)13-8(10)12-4/h2-3H,1H3. The van der Waals surface area contributed by atoms with Gasteiger partial charge in [0.15, 0.2) is 0 Å². The number of halogens is 2. The van der Waals surface area contributed by atoms with Crippen LogP contribution in [0.3, 0.4) is 0 Å². The number of ether oxygens (including phenoxy) is 1. The van der Waals surface area contributed by atoms with Crippen LogP contribution in [0, 0.1) is 0 Å². The van der Waals surface area contributed by atoms with Gasteiger partial charge in [0.05, 0.1) is 30.4 Å². The van der Waals surface area contributed by atoms with Gasteiger partial charge in [0.25, 0.3) is 0 Å². The summed E-state index contributed by atoms with van der Waals surface area (Å²) in [6, 6.07) is 0. The maximum Gasteiger partial charge on any atom is 0.224 e. The van der Waals surface area contributed by atoms with Gasteiger partial charge in [0.1, 0.15) is 10.9 Å². The maximum absolute atomic E-state index is 5.90. The Labute approximate surface area is 89.9 Å². The average Bonchev–Trinajstić information content (AvgIpc) is 2.16. The van der Waals surface area contributed by atoms with E-state index < -0.39 is 0 Å².